The van der Waals surface area contributed by atoms with Crippen LogP contribution in [0.3, 0.4) is 0 Å². The van der Waals surface area contributed by atoms with E-state index in [1.165, 1.54) is 0 Å². The summed E-state index contributed by atoms with van der Waals surface area (Å²) in [6, 6.07) is 13.3. The summed E-state index contributed by atoms with van der Waals surface area (Å²) in [6.45, 7) is 5.27. The number of benzene rings is 1. The number of rotatable bonds is 7. The van der Waals surface area contributed by atoms with Gasteiger partial charge < -0.3 is 10.1 Å². The van der Waals surface area contributed by atoms with Gasteiger partial charge in [0, 0.05) is 11.8 Å². The molecule has 1 aromatic rings. The highest BCUT2D eigenvalue weighted by molar-refractivity contribution is 6.13. The van der Waals surface area contributed by atoms with Crippen LogP contribution in [0.25, 0.3) is 5.70 Å². The summed E-state index contributed by atoms with van der Waals surface area (Å²) in [5, 5.41) is 21.5. The van der Waals surface area contributed by atoms with E-state index in [1.54, 1.807) is 32.9 Å². The maximum Gasteiger partial charge on any atom is 0.337 e. The molecule has 2 atom stereocenters. The number of carbonyl (C=O) groups is 2. The van der Waals surface area contributed by atoms with Crippen molar-refractivity contribution >= 4 is 17.6 Å². The van der Waals surface area contributed by atoms with Gasteiger partial charge in [0.15, 0.2) is 0 Å². The fraction of sp³-hybridized carbons (Fsp3) is 0.429. The Bertz CT molecular complexity index is 808. The molecule has 0 aromatic heterocycles. The molecule has 1 amide bonds. The van der Waals surface area contributed by atoms with Crippen molar-refractivity contribution in [1.29, 1.82) is 10.5 Å². The van der Waals surface area contributed by atoms with Gasteiger partial charge in [-0.05, 0) is 39.2 Å². The van der Waals surface area contributed by atoms with E-state index in [9.17, 15) is 20.1 Å². The smallest absolute Gasteiger partial charge is 0.337 e. The summed E-state index contributed by atoms with van der Waals surface area (Å²) in [6.07, 6.45) is 0.289. The molecule has 0 saturated carbocycles. The van der Waals surface area contributed by atoms with Crippen LogP contribution in [0.15, 0.2) is 35.9 Å². The van der Waals surface area contributed by atoms with Gasteiger partial charge in [0.05, 0.1) is 35.4 Å². The first-order valence-electron chi connectivity index (χ1n) is 8.97. The fourth-order valence-corrected chi connectivity index (χ4v) is 3.58. The van der Waals surface area contributed by atoms with Gasteiger partial charge >= 0.3 is 5.97 Å². The number of hydrogen-bond acceptors (Lipinski definition) is 5. The zero-order chi connectivity index (χ0) is 20.0. The zero-order valence-electron chi connectivity index (χ0n) is 15.8. The van der Waals surface area contributed by atoms with Crippen molar-refractivity contribution in [1.82, 2.24) is 5.32 Å². The zero-order valence-corrected chi connectivity index (χ0v) is 15.8. The van der Waals surface area contributed by atoms with E-state index < -0.39 is 23.2 Å². The quantitative estimate of drug-likeness (QED) is 0.748. The molecule has 1 heterocycles. The molecular weight excluding hydrogens is 342 g/mol. The lowest BCUT2D eigenvalue weighted by Gasteiger charge is -2.30. The lowest BCUT2D eigenvalue weighted by Crippen LogP contribution is -2.39. The van der Waals surface area contributed by atoms with Crippen molar-refractivity contribution in [2.45, 2.75) is 33.6 Å². The standard InChI is InChI=1S/C21H23N3O3/c1-4-27-19(25)17-18(16-8-6-5-7-9-16)24-20(26)21(17,10-14(2)12-22)11-15(3)13-23/h5-9,14-15H,4,10-11H2,1-3H3,(H,24,26). The molecule has 1 aromatic carbocycles. The van der Waals surface area contributed by atoms with Gasteiger partial charge in [0.25, 0.3) is 0 Å². The van der Waals surface area contributed by atoms with Crippen LogP contribution in [0, 0.1) is 39.9 Å². The Morgan fingerprint density at radius 3 is 2.19 bits per heavy atom. The van der Waals surface area contributed by atoms with Crippen molar-refractivity contribution in [2.75, 3.05) is 6.61 Å². The van der Waals surface area contributed by atoms with Gasteiger partial charge in [-0.3, -0.25) is 4.79 Å². The normalized spacial score (nSPS) is 21.0. The van der Waals surface area contributed by atoms with Crippen molar-refractivity contribution in [3.63, 3.8) is 0 Å². The second kappa shape index (κ2) is 8.51. The number of nitrogens with one attached hydrogen (secondary N) is 1. The minimum atomic E-state index is -1.28. The van der Waals surface area contributed by atoms with Gasteiger partial charge in [-0.1, -0.05) is 30.3 Å². The third kappa shape index (κ3) is 4.01. The Morgan fingerprint density at radius 2 is 1.70 bits per heavy atom. The summed E-state index contributed by atoms with van der Waals surface area (Å²) in [4.78, 5) is 26.0. The molecule has 6 nitrogen and oxygen atoms in total. The van der Waals surface area contributed by atoms with E-state index in [-0.39, 0.29) is 30.9 Å². The molecule has 1 aliphatic rings. The van der Waals surface area contributed by atoms with Gasteiger partial charge in [0.1, 0.15) is 0 Å². The van der Waals surface area contributed by atoms with E-state index in [0.717, 1.165) is 0 Å². The largest absolute Gasteiger partial charge is 0.463 e. The van der Waals surface area contributed by atoms with E-state index in [2.05, 4.69) is 17.5 Å². The second-order valence-electron chi connectivity index (χ2n) is 6.84. The molecule has 6 heteroatoms. The second-order valence-corrected chi connectivity index (χ2v) is 6.84. The van der Waals surface area contributed by atoms with Gasteiger partial charge in [0.2, 0.25) is 5.91 Å². The Balaban J connectivity index is 2.71. The van der Waals surface area contributed by atoms with Crippen molar-refractivity contribution in [3.8, 4) is 12.1 Å². The fourth-order valence-electron chi connectivity index (χ4n) is 3.58. The Morgan fingerprint density at radius 1 is 1.15 bits per heavy atom. The number of nitrogens with zero attached hydrogens (tertiary/aromatic N) is 2. The molecule has 0 bridgehead atoms. The minimum Gasteiger partial charge on any atom is -0.463 e. The predicted octanol–water partition coefficient (Wildman–Crippen LogP) is 3.18. The molecular formula is C21H23N3O3. The number of amides is 1. The molecule has 2 rings (SSSR count). The maximum absolute atomic E-state index is 13.1. The van der Waals surface area contributed by atoms with Crippen LogP contribution in [0.2, 0.25) is 0 Å². The van der Waals surface area contributed by atoms with E-state index in [1.807, 2.05) is 18.2 Å². The third-order valence-corrected chi connectivity index (χ3v) is 4.69. The highest BCUT2D eigenvalue weighted by atomic mass is 16.5. The summed E-state index contributed by atoms with van der Waals surface area (Å²) in [7, 11) is 0. The first kappa shape index (κ1) is 20.2. The molecule has 0 saturated heterocycles. The molecule has 1 N–H and O–H groups in total. The SMILES string of the molecule is CCOC(=O)C1=C(c2ccccc2)NC(=O)C1(CC(C)C#N)CC(C)C#N. The number of esters is 1. The molecule has 27 heavy (non-hydrogen) atoms. The monoisotopic (exact) mass is 365 g/mol. The van der Waals surface area contributed by atoms with Crippen molar-refractivity contribution in [2.24, 2.45) is 17.3 Å². The summed E-state index contributed by atoms with van der Waals surface area (Å²) in [5.74, 6) is -1.90. The van der Waals surface area contributed by atoms with Crippen LogP contribution in [0.5, 0.6) is 0 Å². The molecule has 2 unspecified atom stereocenters. The van der Waals surface area contributed by atoms with Crippen LogP contribution in [-0.4, -0.2) is 18.5 Å². The summed E-state index contributed by atoms with van der Waals surface area (Å²) in [5.41, 5.74) is 0.0194. The first-order chi connectivity index (χ1) is 12.9. The average molecular weight is 365 g/mol. The van der Waals surface area contributed by atoms with Crippen LogP contribution in [0.1, 0.15) is 39.2 Å². The van der Waals surface area contributed by atoms with Crippen molar-refractivity contribution < 1.29 is 14.3 Å². The maximum atomic E-state index is 13.1. The summed E-state index contributed by atoms with van der Waals surface area (Å²) < 4.78 is 5.26. The Hall–Kier alpha value is -3.12. The van der Waals surface area contributed by atoms with E-state index in [4.69, 9.17) is 4.74 Å². The predicted molar refractivity (Wildman–Crippen MR) is 99.4 cm³/mol. The molecule has 140 valence electrons. The van der Waals surface area contributed by atoms with Crippen LogP contribution in [0.4, 0.5) is 0 Å². The molecule has 0 aliphatic carbocycles. The van der Waals surface area contributed by atoms with Gasteiger partial charge in [-0.2, -0.15) is 10.5 Å². The lowest BCUT2D eigenvalue weighted by atomic mass is 9.69. The third-order valence-electron chi connectivity index (χ3n) is 4.69. The molecule has 1 aliphatic heterocycles. The Kier molecular flexibility index (Phi) is 6.36. The lowest BCUT2D eigenvalue weighted by molar-refractivity contribution is -0.142. The van der Waals surface area contributed by atoms with E-state index in [0.29, 0.717) is 11.3 Å². The minimum absolute atomic E-state index is 0.145. The highest BCUT2D eigenvalue weighted by Crippen LogP contribution is 2.48. The van der Waals surface area contributed by atoms with E-state index >= 15 is 0 Å². The average Bonchev–Trinajstić information content (AvgIpc) is 2.94. The van der Waals surface area contributed by atoms with Crippen molar-refractivity contribution in [3.05, 3.63) is 41.5 Å². The summed E-state index contributed by atoms with van der Waals surface area (Å²) >= 11 is 0. The molecule has 0 fully saturated rings. The number of carbonyl (C=O) groups excluding carboxylic acids is 2. The van der Waals surface area contributed by atoms with Crippen LogP contribution >= 0.6 is 0 Å². The number of nitriles is 2. The van der Waals surface area contributed by atoms with Crippen LogP contribution < -0.4 is 5.32 Å². The number of ether oxygens (including phenoxy) is 1. The number of hydrogen-bond donors (Lipinski definition) is 1. The van der Waals surface area contributed by atoms with Crippen LogP contribution in [-0.2, 0) is 14.3 Å². The first-order valence-corrected chi connectivity index (χ1v) is 8.97. The van der Waals surface area contributed by atoms with Gasteiger partial charge in [-0.25, -0.2) is 4.79 Å². The topological polar surface area (TPSA) is 103 Å². The Labute approximate surface area is 159 Å². The molecule has 0 spiro atoms. The van der Waals surface area contributed by atoms with Gasteiger partial charge in [-0.15, -0.1) is 0 Å². The highest BCUT2D eigenvalue weighted by Gasteiger charge is 2.53. The molecule has 0 radical (unpaired) electrons.